The van der Waals surface area contributed by atoms with E-state index in [9.17, 15) is 17.1 Å². The Labute approximate surface area is 50.8 Å². The van der Waals surface area contributed by atoms with E-state index in [0.717, 1.165) is 0 Å². The molecule has 0 aliphatic rings. The molecular weight excluding hydrogens is 153 g/mol. The monoisotopic (exact) mass is 158 g/mol. The van der Waals surface area contributed by atoms with Gasteiger partial charge in [-0.1, -0.05) is 0 Å². The van der Waals surface area contributed by atoms with Crippen LogP contribution in [0.1, 0.15) is 6.42 Å². The number of carboxylic acid groups (broad SMARTS) is 1. The summed E-state index contributed by atoms with van der Waals surface area (Å²) < 4.78 is 33.9. The molecule has 0 aromatic carbocycles. The van der Waals surface area contributed by atoms with Crippen LogP contribution in [0.3, 0.4) is 0 Å². The number of carboxylic acids is 1. The molecule has 0 aromatic rings. The quantitative estimate of drug-likeness (QED) is 0.496. The van der Waals surface area contributed by atoms with Gasteiger partial charge in [-0.15, -0.1) is 0 Å². The van der Waals surface area contributed by atoms with Crippen molar-refractivity contribution in [1.82, 2.24) is 0 Å². The molecule has 0 amide bonds. The van der Waals surface area contributed by atoms with Crippen LogP contribution in [0.2, 0.25) is 6.04 Å². The average molecular weight is 158 g/mol. The van der Waals surface area contributed by atoms with Gasteiger partial charge < -0.3 is 5.11 Å². The van der Waals surface area contributed by atoms with E-state index in [0.29, 0.717) is 0 Å². The first kappa shape index (κ1) is 8.48. The minimum absolute atomic E-state index is 0.782. The lowest BCUT2D eigenvalue weighted by Gasteiger charge is -1.96. The van der Waals surface area contributed by atoms with Crippen LogP contribution >= 0.6 is 0 Å². The van der Waals surface area contributed by atoms with Gasteiger partial charge in [-0.05, 0) is 0 Å². The number of halogens is 3. The summed E-state index contributed by atoms with van der Waals surface area (Å²) in [4.78, 5) is 9.57. The Morgan fingerprint density at radius 3 is 2.00 bits per heavy atom. The van der Waals surface area contributed by atoms with Crippen LogP contribution in [0.15, 0.2) is 0 Å². The van der Waals surface area contributed by atoms with E-state index >= 15 is 0 Å². The van der Waals surface area contributed by atoms with Gasteiger partial charge in [0.05, 0.1) is 6.42 Å². The lowest BCUT2D eigenvalue weighted by molar-refractivity contribution is -0.136. The highest BCUT2D eigenvalue weighted by Gasteiger charge is 2.36. The lowest BCUT2D eigenvalue weighted by Crippen LogP contribution is -2.15. The molecule has 0 aromatic heterocycles. The second-order valence-electron chi connectivity index (χ2n) is 1.51. The molecular formula is C3H5F3O2Si. The largest absolute Gasteiger partial charge is 0.616 e. The average Bonchev–Trinajstić information content (AvgIpc) is 1.59. The molecule has 2 nitrogen and oxygen atoms in total. The van der Waals surface area contributed by atoms with Crippen molar-refractivity contribution in [3.05, 3.63) is 0 Å². The summed E-state index contributed by atoms with van der Waals surface area (Å²) in [6.07, 6.45) is -0.782. The van der Waals surface area contributed by atoms with E-state index in [4.69, 9.17) is 5.11 Å². The molecule has 0 radical (unpaired) electrons. The van der Waals surface area contributed by atoms with Crippen LogP contribution in [-0.4, -0.2) is 20.2 Å². The summed E-state index contributed by atoms with van der Waals surface area (Å²) in [5.41, 5.74) is 0. The SMILES string of the molecule is O=C(O)CC[Si](F)(F)F. The highest BCUT2D eigenvalue weighted by molar-refractivity contribution is 6.58. The Bertz CT molecular complexity index is 110. The smallest absolute Gasteiger partial charge is 0.481 e. The maximum absolute atomic E-state index is 11.3. The fraction of sp³-hybridized carbons (Fsp3) is 0.667. The summed E-state index contributed by atoms with van der Waals surface area (Å²) in [6.45, 7) is 0. The van der Waals surface area contributed by atoms with E-state index in [2.05, 4.69) is 0 Å². The van der Waals surface area contributed by atoms with Gasteiger partial charge in [0.2, 0.25) is 0 Å². The third-order valence-electron chi connectivity index (χ3n) is 0.622. The molecule has 0 heterocycles. The second kappa shape index (κ2) is 2.86. The van der Waals surface area contributed by atoms with Crippen molar-refractivity contribution in [3.8, 4) is 0 Å². The van der Waals surface area contributed by atoms with Crippen molar-refractivity contribution in [2.24, 2.45) is 0 Å². The third kappa shape index (κ3) is 7.48. The van der Waals surface area contributed by atoms with Gasteiger partial charge in [0.15, 0.2) is 0 Å². The molecule has 0 saturated heterocycles. The Balaban J connectivity index is 3.39. The van der Waals surface area contributed by atoms with Crippen molar-refractivity contribution in [1.29, 1.82) is 0 Å². The molecule has 0 fully saturated rings. The Morgan fingerprint density at radius 2 is 1.89 bits per heavy atom. The number of hydrogen-bond acceptors (Lipinski definition) is 1. The minimum atomic E-state index is -5.60. The standard InChI is InChI=1S/C3H5F3O2Si/c4-9(5,6)2-1-3(7)8/h1-2H2,(H,7,8). The van der Waals surface area contributed by atoms with Crippen molar-refractivity contribution < 1.29 is 22.2 Å². The van der Waals surface area contributed by atoms with Crippen molar-refractivity contribution in [3.63, 3.8) is 0 Å². The van der Waals surface area contributed by atoms with Crippen LogP contribution in [-0.2, 0) is 4.79 Å². The Morgan fingerprint density at radius 1 is 1.44 bits per heavy atom. The molecule has 54 valence electrons. The molecule has 0 saturated carbocycles. The summed E-state index contributed by atoms with van der Waals surface area (Å²) in [6, 6.07) is -1.11. The van der Waals surface area contributed by atoms with Crippen LogP contribution < -0.4 is 0 Å². The first-order valence-electron chi connectivity index (χ1n) is 2.20. The second-order valence-corrected chi connectivity index (χ2v) is 3.24. The van der Waals surface area contributed by atoms with E-state index in [1.807, 2.05) is 0 Å². The van der Waals surface area contributed by atoms with Gasteiger partial charge in [-0.2, -0.15) is 0 Å². The maximum atomic E-state index is 11.3. The zero-order valence-corrected chi connectivity index (χ0v) is 5.40. The number of hydrogen-bond donors (Lipinski definition) is 1. The van der Waals surface area contributed by atoms with Crippen LogP contribution in [0.5, 0.6) is 0 Å². The van der Waals surface area contributed by atoms with E-state index in [-0.39, 0.29) is 0 Å². The molecule has 0 bridgehead atoms. The molecule has 0 spiro atoms. The Hall–Kier alpha value is -0.523. The highest BCUT2D eigenvalue weighted by Crippen LogP contribution is 2.16. The van der Waals surface area contributed by atoms with Crippen LogP contribution in [0.25, 0.3) is 0 Å². The first-order valence-corrected chi connectivity index (χ1v) is 4.04. The molecule has 0 unspecified atom stereocenters. The van der Waals surface area contributed by atoms with Gasteiger partial charge in [-0.3, -0.25) is 4.79 Å². The lowest BCUT2D eigenvalue weighted by atomic mass is 10.5. The maximum Gasteiger partial charge on any atom is 0.616 e. The van der Waals surface area contributed by atoms with Gasteiger partial charge >= 0.3 is 15.0 Å². The highest BCUT2D eigenvalue weighted by atomic mass is 28.5. The molecule has 0 atom stereocenters. The fourth-order valence-electron chi connectivity index (χ4n) is 0.249. The fourth-order valence-corrected chi connectivity index (χ4v) is 0.746. The zero-order chi connectivity index (χ0) is 7.49. The third-order valence-corrected chi connectivity index (χ3v) is 1.44. The molecule has 6 heteroatoms. The Kier molecular flexibility index (Phi) is 2.69. The van der Waals surface area contributed by atoms with Crippen molar-refractivity contribution >= 4 is 15.0 Å². The molecule has 0 aliphatic carbocycles. The summed E-state index contributed by atoms with van der Waals surface area (Å²) in [7, 11) is -5.60. The predicted molar refractivity (Wildman–Crippen MR) is 26.1 cm³/mol. The van der Waals surface area contributed by atoms with Gasteiger partial charge in [-0.25, -0.2) is 12.3 Å². The van der Waals surface area contributed by atoms with Crippen molar-refractivity contribution in [2.75, 3.05) is 0 Å². The minimum Gasteiger partial charge on any atom is -0.481 e. The van der Waals surface area contributed by atoms with E-state index in [1.54, 1.807) is 0 Å². The van der Waals surface area contributed by atoms with Crippen LogP contribution in [0, 0.1) is 0 Å². The zero-order valence-electron chi connectivity index (χ0n) is 4.40. The van der Waals surface area contributed by atoms with Crippen molar-refractivity contribution in [2.45, 2.75) is 12.5 Å². The molecule has 0 aliphatic heterocycles. The number of carbonyl (C=O) groups is 1. The van der Waals surface area contributed by atoms with E-state index in [1.165, 1.54) is 0 Å². The topological polar surface area (TPSA) is 37.3 Å². The summed E-state index contributed by atoms with van der Waals surface area (Å²) >= 11 is 0. The summed E-state index contributed by atoms with van der Waals surface area (Å²) in [5.74, 6) is -1.39. The number of rotatable bonds is 3. The van der Waals surface area contributed by atoms with Gasteiger partial charge in [0, 0.05) is 6.04 Å². The van der Waals surface area contributed by atoms with Crippen LogP contribution in [0.4, 0.5) is 12.3 Å². The van der Waals surface area contributed by atoms with Gasteiger partial charge in [0.25, 0.3) is 0 Å². The summed E-state index contributed by atoms with van der Waals surface area (Å²) in [5, 5.41) is 7.80. The number of aliphatic carboxylic acids is 1. The molecule has 1 N–H and O–H groups in total. The first-order chi connectivity index (χ1) is 3.92. The van der Waals surface area contributed by atoms with E-state index < -0.39 is 27.5 Å². The molecule has 0 rings (SSSR count). The molecule has 9 heavy (non-hydrogen) atoms. The predicted octanol–water partition coefficient (Wildman–Crippen LogP) is 1.31. The normalized spacial score (nSPS) is 11.4. The van der Waals surface area contributed by atoms with Gasteiger partial charge in [0.1, 0.15) is 0 Å².